The zero-order chi connectivity index (χ0) is 8.69. The average molecular weight is 156 g/mol. The second-order valence-electron chi connectivity index (χ2n) is 2.67. The van der Waals surface area contributed by atoms with Gasteiger partial charge in [-0.3, -0.25) is 0 Å². The molecule has 0 heterocycles. The second kappa shape index (κ2) is 6.21. The van der Waals surface area contributed by atoms with E-state index in [0.717, 1.165) is 0 Å². The molecule has 1 N–H and O–H groups in total. The van der Waals surface area contributed by atoms with E-state index in [4.69, 9.17) is 4.74 Å². The van der Waals surface area contributed by atoms with Gasteiger partial charge in [0.15, 0.2) is 0 Å². The van der Waals surface area contributed by atoms with Crippen molar-refractivity contribution in [1.29, 1.82) is 0 Å². The van der Waals surface area contributed by atoms with Crippen molar-refractivity contribution < 1.29 is 9.84 Å². The van der Waals surface area contributed by atoms with Gasteiger partial charge in [-0.15, -0.1) is 11.8 Å². The van der Waals surface area contributed by atoms with Crippen LogP contribution in [0.4, 0.5) is 0 Å². The van der Waals surface area contributed by atoms with Gasteiger partial charge in [-0.1, -0.05) is 0 Å². The highest BCUT2D eigenvalue weighted by molar-refractivity contribution is 4.96. The molecule has 0 saturated carbocycles. The molecule has 0 bridgehead atoms. The summed E-state index contributed by atoms with van der Waals surface area (Å²) in [6.45, 7) is 6.03. The maximum Gasteiger partial charge on any atom is 0.0882 e. The predicted octanol–water partition coefficient (Wildman–Crippen LogP) is 1.19. The van der Waals surface area contributed by atoms with Crippen LogP contribution in [0, 0.1) is 11.8 Å². The van der Waals surface area contributed by atoms with Crippen molar-refractivity contribution in [3.05, 3.63) is 0 Å². The topological polar surface area (TPSA) is 29.5 Å². The average Bonchev–Trinajstić information content (AvgIpc) is 1.97. The lowest BCUT2D eigenvalue weighted by Crippen LogP contribution is -2.17. The maximum absolute atomic E-state index is 9.20. The largest absolute Gasteiger partial charge is 0.390 e. The van der Waals surface area contributed by atoms with Crippen LogP contribution < -0.4 is 0 Å². The zero-order valence-electron chi connectivity index (χ0n) is 7.42. The predicted molar refractivity (Wildman–Crippen MR) is 45.2 cm³/mol. The van der Waals surface area contributed by atoms with Crippen LogP contribution in [0.25, 0.3) is 0 Å². The lowest BCUT2D eigenvalue weighted by Gasteiger charge is -2.10. The lowest BCUT2D eigenvalue weighted by atomic mass is 10.3. The molecule has 0 aliphatic heterocycles. The summed E-state index contributed by atoms with van der Waals surface area (Å²) in [7, 11) is 0. The highest BCUT2D eigenvalue weighted by Gasteiger charge is 2.02. The number of aliphatic hydroxyl groups excluding tert-OH is 1. The third-order valence-electron chi connectivity index (χ3n) is 1.14. The molecule has 0 fully saturated rings. The Labute approximate surface area is 68.6 Å². The van der Waals surface area contributed by atoms with Crippen LogP contribution in [-0.2, 0) is 4.74 Å². The third kappa shape index (κ3) is 7.38. The Morgan fingerprint density at radius 1 is 1.45 bits per heavy atom. The molecule has 2 heteroatoms. The Morgan fingerprint density at radius 2 is 2.09 bits per heavy atom. The summed E-state index contributed by atoms with van der Waals surface area (Å²) in [5.41, 5.74) is 0. The summed E-state index contributed by atoms with van der Waals surface area (Å²) in [5, 5.41) is 9.20. The van der Waals surface area contributed by atoms with Gasteiger partial charge in [-0.25, -0.2) is 0 Å². The van der Waals surface area contributed by atoms with E-state index in [9.17, 15) is 5.11 Å². The molecule has 0 aliphatic carbocycles. The molecule has 1 unspecified atom stereocenters. The minimum atomic E-state index is -0.440. The van der Waals surface area contributed by atoms with Gasteiger partial charge in [0.25, 0.3) is 0 Å². The number of hydrogen-bond donors (Lipinski definition) is 1. The standard InChI is InChI=1S/C9H16O2/c1-4-5-6-9(10)7-11-8(2)3/h8-10H,6-7H2,1-3H3. The van der Waals surface area contributed by atoms with E-state index in [1.807, 2.05) is 13.8 Å². The Hall–Kier alpha value is -0.520. The van der Waals surface area contributed by atoms with E-state index in [1.165, 1.54) is 0 Å². The molecule has 64 valence electrons. The van der Waals surface area contributed by atoms with Crippen molar-refractivity contribution in [2.24, 2.45) is 0 Å². The summed E-state index contributed by atoms with van der Waals surface area (Å²) < 4.78 is 5.18. The molecule has 1 atom stereocenters. The summed E-state index contributed by atoms with van der Waals surface area (Å²) in [6, 6.07) is 0. The number of hydrogen-bond acceptors (Lipinski definition) is 2. The van der Waals surface area contributed by atoms with Crippen molar-refractivity contribution in [3.8, 4) is 11.8 Å². The van der Waals surface area contributed by atoms with E-state index in [1.54, 1.807) is 6.92 Å². The Kier molecular flexibility index (Phi) is 5.91. The van der Waals surface area contributed by atoms with Crippen molar-refractivity contribution in [2.75, 3.05) is 6.61 Å². The van der Waals surface area contributed by atoms with Gasteiger partial charge in [-0.05, 0) is 20.8 Å². The molecule has 0 amide bonds. The molecule has 0 aromatic rings. The maximum atomic E-state index is 9.20. The van der Waals surface area contributed by atoms with Crippen LogP contribution in [0.2, 0.25) is 0 Å². The number of ether oxygens (including phenoxy) is 1. The van der Waals surface area contributed by atoms with Gasteiger partial charge in [0.1, 0.15) is 0 Å². The molecule has 0 aromatic heterocycles. The van der Waals surface area contributed by atoms with E-state index >= 15 is 0 Å². The molecule has 0 aliphatic rings. The molecule has 0 aromatic carbocycles. The fourth-order valence-corrected chi connectivity index (χ4v) is 0.582. The summed E-state index contributed by atoms with van der Waals surface area (Å²) in [4.78, 5) is 0. The van der Waals surface area contributed by atoms with Crippen molar-refractivity contribution in [3.63, 3.8) is 0 Å². The Bertz CT molecular complexity index is 141. The SMILES string of the molecule is CC#CCC(O)COC(C)C. The first-order chi connectivity index (χ1) is 5.16. The van der Waals surface area contributed by atoms with Crippen molar-refractivity contribution in [1.82, 2.24) is 0 Å². The van der Waals surface area contributed by atoms with E-state index in [0.29, 0.717) is 13.0 Å². The molecule has 0 radical (unpaired) electrons. The minimum absolute atomic E-state index is 0.180. The van der Waals surface area contributed by atoms with Gasteiger partial charge in [-0.2, -0.15) is 0 Å². The Morgan fingerprint density at radius 3 is 2.55 bits per heavy atom. The van der Waals surface area contributed by atoms with Crippen LogP contribution in [0.1, 0.15) is 27.2 Å². The monoisotopic (exact) mass is 156 g/mol. The fourth-order valence-electron chi connectivity index (χ4n) is 0.582. The number of rotatable bonds is 4. The van der Waals surface area contributed by atoms with E-state index < -0.39 is 6.10 Å². The molecule has 2 nitrogen and oxygen atoms in total. The van der Waals surface area contributed by atoms with Gasteiger partial charge >= 0.3 is 0 Å². The van der Waals surface area contributed by atoms with Gasteiger partial charge in [0, 0.05) is 6.42 Å². The molecular weight excluding hydrogens is 140 g/mol. The fraction of sp³-hybridized carbons (Fsp3) is 0.778. The summed E-state index contributed by atoms with van der Waals surface area (Å²) >= 11 is 0. The molecule has 11 heavy (non-hydrogen) atoms. The van der Waals surface area contributed by atoms with Crippen LogP contribution in [0.5, 0.6) is 0 Å². The quantitative estimate of drug-likeness (QED) is 0.619. The normalized spacial score (nSPS) is 12.5. The van der Waals surface area contributed by atoms with Crippen LogP contribution in [-0.4, -0.2) is 23.9 Å². The van der Waals surface area contributed by atoms with Gasteiger partial charge in [0.2, 0.25) is 0 Å². The second-order valence-corrected chi connectivity index (χ2v) is 2.67. The minimum Gasteiger partial charge on any atom is -0.390 e. The van der Waals surface area contributed by atoms with Crippen LogP contribution in [0.3, 0.4) is 0 Å². The lowest BCUT2D eigenvalue weighted by molar-refractivity contribution is 0.00805. The summed E-state index contributed by atoms with van der Waals surface area (Å²) in [5.74, 6) is 5.51. The van der Waals surface area contributed by atoms with Crippen molar-refractivity contribution >= 4 is 0 Å². The summed E-state index contributed by atoms with van der Waals surface area (Å²) in [6.07, 6.45) is 0.243. The molecule has 0 saturated heterocycles. The van der Waals surface area contributed by atoms with Gasteiger partial charge < -0.3 is 9.84 Å². The van der Waals surface area contributed by atoms with Gasteiger partial charge in [0.05, 0.1) is 18.8 Å². The van der Waals surface area contributed by atoms with Crippen molar-refractivity contribution in [2.45, 2.75) is 39.4 Å². The third-order valence-corrected chi connectivity index (χ3v) is 1.14. The first kappa shape index (κ1) is 10.5. The van der Waals surface area contributed by atoms with Crippen LogP contribution >= 0.6 is 0 Å². The number of aliphatic hydroxyl groups is 1. The Balaban J connectivity index is 3.34. The molecule has 0 spiro atoms. The first-order valence-corrected chi connectivity index (χ1v) is 3.86. The zero-order valence-corrected chi connectivity index (χ0v) is 7.42. The van der Waals surface area contributed by atoms with Crippen LogP contribution in [0.15, 0.2) is 0 Å². The smallest absolute Gasteiger partial charge is 0.0882 e. The molecule has 0 rings (SSSR count). The van der Waals surface area contributed by atoms with E-state index in [2.05, 4.69) is 11.8 Å². The highest BCUT2D eigenvalue weighted by Crippen LogP contribution is 1.94. The first-order valence-electron chi connectivity index (χ1n) is 3.86. The van der Waals surface area contributed by atoms with E-state index in [-0.39, 0.29) is 6.10 Å². The molecular formula is C9H16O2. The highest BCUT2D eigenvalue weighted by atomic mass is 16.5.